The van der Waals surface area contributed by atoms with E-state index in [1.54, 1.807) is 0 Å². The lowest BCUT2D eigenvalue weighted by Gasteiger charge is -2.24. The summed E-state index contributed by atoms with van der Waals surface area (Å²) < 4.78 is 0. The zero-order chi connectivity index (χ0) is 14.1. The number of hydrogen-bond donors (Lipinski definition) is 1. The summed E-state index contributed by atoms with van der Waals surface area (Å²) in [5, 5.41) is 8.73. The summed E-state index contributed by atoms with van der Waals surface area (Å²) in [6.45, 7) is 1.82. The van der Waals surface area contributed by atoms with Crippen molar-refractivity contribution in [2.24, 2.45) is 17.8 Å². The smallest absolute Gasteiger partial charge is 0.306 e. The van der Waals surface area contributed by atoms with E-state index in [2.05, 4.69) is 0 Å². The van der Waals surface area contributed by atoms with E-state index in [1.165, 1.54) is 11.5 Å². The maximum Gasteiger partial charge on any atom is 0.306 e. The average Bonchev–Trinajstić information content (AvgIpc) is 2.48. The summed E-state index contributed by atoms with van der Waals surface area (Å²) in [6.07, 6.45) is 5.47. The van der Waals surface area contributed by atoms with Gasteiger partial charge in [0.05, 0.1) is 5.92 Å². The molecule has 5 heteroatoms. The number of carboxylic acid groups (broad SMARTS) is 1. The van der Waals surface area contributed by atoms with Gasteiger partial charge in [0.25, 0.3) is 0 Å². The first-order valence-electron chi connectivity index (χ1n) is 6.98. The quantitative estimate of drug-likeness (QED) is 0.812. The molecule has 2 aliphatic heterocycles. The summed E-state index contributed by atoms with van der Waals surface area (Å²) in [5.41, 5.74) is 0. The first-order chi connectivity index (χ1) is 9.15. The highest BCUT2D eigenvalue weighted by Crippen LogP contribution is 2.28. The predicted octanol–water partition coefficient (Wildman–Crippen LogP) is 3.18. The SMILES string of the molecule is CC(C(=O)O)C1CCSCC1.O=CC1CCSCC1. The van der Waals surface area contributed by atoms with Crippen molar-refractivity contribution in [2.75, 3.05) is 23.0 Å². The number of carbonyl (C=O) groups excluding carboxylic acids is 1. The number of aldehydes is 1. The molecule has 1 atom stereocenters. The van der Waals surface area contributed by atoms with Gasteiger partial charge in [-0.2, -0.15) is 23.5 Å². The molecule has 2 rings (SSSR count). The zero-order valence-electron chi connectivity index (χ0n) is 11.5. The summed E-state index contributed by atoms with van der Waals surface area (Å²) in [4.78, 5) is 20.7. The Hall–Kier alpha value is -0.160. The molecule has 0 aliphatic carbocycles. The van der Waals surface area contributed by atoms with E-state index in [0.717, 1.165) is 43.5 Å². The largest absolute Gasteiger partial charge is 0.481 e. The van der Waals surface area contributed by atoms with Gasteiger partial charge in [-0.15, -0.1) is 0 Å². The second-order valence-corrected chi connectivity index (χ2v) is 7.61. The van der Waals surface area contributed by atoms with E-state index in [1.807, 2.05) is 30.4 Å². The van der Waals surface area contributed by atoms with Gasteiger partial charge in [0, 0.05) is 5.92 Å². The maximum atomic E-state index is 10.6. The fraction of sp³-hybridized carbons (Fsp3) is 0.857. The Morgan fingerprint density at radius 1 is 1.11 bits per heavy atom. The van der Waals surface area contributed by atoms with Crippen molar-refractivity contribution in [3.8, 4) is 0 Å². The van der Waals surface area contributed by atoms with Crippen LogP contribution in [0, 0.1) is 17.8 Å². The predicted molar refractivity (Wildman–Crippen MR) is 83.0 cm³/mol. The molecular formula is C14H24O3S2. The Balaban J connectivity index is 0.000000200. The van der Waals surface area contributed by atoms with Crippen LogP contribution in [-0.2, 0) is 9.59 Å². The monoisotopic (exact) mass is 304 g/mol. The highest BCUT2D eigenvalue weighted by molar-refractivity contribution is 7.99. The molecular weight excluding hydrogens is 280 g/mol. The second kappa shape index (κ2) is 9.70. The maximum absolute atomic E-state index is 10.6. The minimum absolute atomic E-state index is 0.143. The minimum atomic E-state index is -0.637. The van der Waals surface area contributed by atoms with Crippen molar-refractivity contribution >= 4 is 35.8 Å². The van der Waals surface area contributed by atoms with Crippen LogP contribution >= 0.6 is 23.5 Å². The Labute approximate surface area is 124 Å². The number of thioether (sulfide) groups is 2. The Bertz CT molecular complexity index is 272. The molecule has 1 N–H and O–H groups in total. The molecule has 2 saturated heterocycles. The van der Waals surface area contributed by atoms with Crippen molar-refractivity contribution in [1.29, 1.82) is 0 Å². The molecule has 3 nitrogen and oxygen atoms in total. The van der Waals surface area contributed by atoms with Gasteiger partial charge in [-0.25, -0.2) is 0 Å². The number of carbonyl (C=O) groups is 2. The Morgan fingerprint density at radius 2 is 1.58 bits per heavy atom. The van der Waals surface area contributed by atoms with Crippen molar-refractivity contribution < 1.29 is 14.7 Å². The molecule has 0 bridgehead atoms. The number of carboxylic acids is 1. The third kappa shape index (κ3) is 6.70. The van der Waals surface area contributed by atoms with E-state index in [9.17, 15) is 9.59 Å². The molecule has 0 aromatic rings. The number of aliphatic carboxylic acids is 1. The van der Waals surface area contributed by atoms with Gasteiger partial charge in [0.15, 0.2) is 0 Å². The summed E-state index contributed by atoms with van der Waals surface area (Å²) in [7, 11) is 0. The van der Waals surface area contributed by atoms with Crippen molar-refractivity contribution in [1.82, 2.24) is 0 Å². The molecule has 0 aromatic carbocycles. The highest BCUT2D eigenvalue weighted by Gasteiger charge is 2.24. The van der Waals surface area contributed by atoms with E-state index < -0.39 is 5.97 Å². The van der Waals surface area contributed by atoms with E-state index >= 15 is 0 Å². The lowest BCUT2D eigenvalue weighted by Crippen LogP contribution is -2.24. The third-order valence-corrected chi connectivity index (χ3v) is 5.92. The molecule has 2 fully saturated rings. The van der Waals surface area contributed by atoms with Crippen molar-refractivity contribution in [3.63, 3.8) is 0 Å². The fourth-order valence-electron chi connectivity index (χ4n) is 2.27. The average molecular weight is 304 g/mol. The van der Waals surface area contributed by atoms with Crippen LogP contribution in [0.3, 0.4) is 0 Å². The molecule has 0 aromatic heterocycles. The van der Waals surface area contributed by atoms with Crippen LogP contribution in [0.2, 0.25) is 0 Å². The molecule has 0 radical (unpaired) electrons. The van der Waals surface area contributed by atoms with Crippen LogP contribution in [0.5, 0.6) is 0 Å². The molecule has 110 valence electrons. The zero-order valence-corrected chi connectivity index (χ0v) is 13.2. The molecule has 1 unspecified atom stereocenters. The molecule has 2 heterocycles. The Kier molecular flexibility index (Phi) is 8.62. The van der Waals surface area contributed by atoms with Crippen LogP contribution in [0.15, 0.2) is 0 Å². The minimum Gasteiger partial charge on any atom is -0.481 e. The van der Waals surface area contributed by atoms with Gasteiger partial charge in [-0.1, -0.05) is 6.92 Å². The van der Waals surface area contributed by atoms with Crippen LogP contribution in [0.4, 0.5) is 0 Å². The van der Waals surface area contributed by atoms with Gasteiger partial charge >= 0.3 is 5.97 Å². The van der Waals surface area contributed by atoms with Gasteiger partial charge in [-0.3, -0.25) is 4.79 Å². The first-order valence-corrected chi connectivity index (χ1v) is 9.29. The van der Waals surface area contributed by atoms with Crippen molar-refractivity contribution in [2.45, 2.75) is 32.6 Å². The molecule has 2 aliphatic rings. The van der Waals surface area contributed by atoms with Crippen LogP contribution in [0.1, 0.15) is 32.6 Å². The van der Waals surface area contributed by atoms with Gasteiger partial charge in [0.2, 0.25) is 0 Å². The normalized spacial score (nSPS) is 23.0. The summed E-state index contributed by atoms with van der Waals surface area (Å²) in [6, 6.07) is 0. The van der Waals surface area contributed by atoms with E-state index in [4.69, 9.17) is 5.11 Å². The first kappa shape index (κ1) is 16.9. The Morgan fingerprint density at radius 3 is 1.95 bits per heavy atom. The summed E-state index contributed by atoms with van der Waals surface area (Å²) in [5.74, 6) is 4.68. The van der Waals surface area contributed by atoms with E-state index in [-0.39, 0.29) is 5.92 Å². The molecule has 0 spiro atoms. The van der Waals surface area contributed by atoms with E-state index in [0.29, 0.717) is 11.8 Å². The number of rotatable bonds is 3. The van der Waals surface area contributed by atoms with Gasteiger partial charge < -0.3 is 9.90 Å². The lowest BCUT2D eigenvalue weighted by atomic mass is 9.89. The fourth-order valence-corrected chi connectivity index (χ4v) is 4.56. The topological polar surface area (TPSA) is 54.4 Å². The molecule has 19 heavy (non-hydrogen) atoms. The highest BCUT2D eigenvalue weighted by atomic mass is 32.2. The van der Waals surface area contributed by atoms with Crippen LogP contribution in [-0.4, -0.2) is 40.4 Å². The lowest BCUT2D eigenvalue weighted by molar-refractivity contribution is -0.143. The van der Waals surface area contributed by atoms with Gasteiger partial charge in [-0.05, 0) is 54.6 Å². The van der Waals surface area contributed by atoms with Crippen LogP contribution in [0.25, 0.3) is 0 Å². The third-order valence-electron chi connectivity index (χ3n) is 3.82. The molecule has 0 saturated carbocycles. The van der Waals surface area contributed by atoms with Crippen LogP contribution < -0.4 is 0 Å². The van der Waals surface area contributed by atoms with Gasteiger partial charge in [0.1, 0.15) is 6.29 Å². The second-order valence-electron chi connectivity index (χ2n) is 5.16. The molecule has 0 amide bonds. The number of hydrogen-bond acceptors (Lipinski definition) is 4. The standard InChI is InChI=1S/C8H14O2S.C6H10OS/c1-6(8(9)10)7-2-4-11-5-3-7;7-5-6-1-3-8-4-2-6/h6-7H,2-5H2,1H3,(H,9,10);5-6H,1-4H2. The summed E-state index contributed by atoms with van der Waals surface area (Å²) >= 11 is 3.89. The van der Waals surface area contributed by atoms with Crippen molar-refractivity contribution in [3.05, 3.63) is 0 Å².